The molecule has 0 N–H and O–H groups in total. The number of nitrogens with zero attached hydrogens (tertiary/aromatic N) is 2. The lowest BCUT2D eigenvalue weighted by molar-refractivity contribution is 0.221. The highest BCUT2D eigenvalue weighted by molar-refractivity contribution is 5.97. The summed E-state index contributed by atoms with van der Waals surface area (Å²) in [6.45, 7) is 1.81. The fraction of sp³-hybridized carbons (Fsp3) is 0.500. The molecule has 4 heteroatoms. The van der Waals surface area contributed by atoms with Gasteiger partial charge in [-0.25, -0.2) is 0 Å². The topological polar surface area (TPSA) is 44.9 Å². The van der Waals surface area contributed by atoms with E-state index in [1.54, 1.807) is 7.11 Å². The number of hydrogen-bond donors (Lipinski definition) is 0. The molecule has 1 aliphatic rings. The number of hydrogen-bond acceptors (Lipinski definition) is 3. The second kappa shape index (κ2) is 2.60. The van der Waals surface area contributed by atoms with Gasteiger partial charge in [0, 0.05) is 0 Å². The van der Waals surface area contributed by atoms with E-state index in [1.165, 1.54) is 7.11 Å². The number of allylic oxidation sites excluding steroid dienone is 1. The molecule has 0 atom stereocenters. The van der Waals surface area contributed by atoms with E-state index in [0.717, 1.165) is 5.71 Å². The number of rotatable bonds is 2. The van der Waals surface area contributed by atoms with Crippen molar-refractivity contribution in [1.82, 2.24) is 5.43 Å². The largest absolute Gasteiger partial charge is 0.490 e. The van der Waals surface area contributed by atoms with Crippen molar-refractivity contribution in [1.29, 1.82) is 0 Å². The van der Waals surface area contributed by atoms with Crippen molar-refractivity contribution in [2.45, 2.75) is 6.92 Å². The molecule has 1 aliphatic heterocycles. The molecule has 0 saturated heterocycles. The van der Waals surface area contributed by atoms with Crippen LogP contribution in [0.2, 0.25) is 0 Å². The average molecular weight is 141 g/mol. The Morgan fingerprint density at radius 2 is 1.90 bits per heavy atom. The van der Waals surface area contributed by atoms with Crippen LogP contribution in [0.4, 0.5) is 0 Å². The standard InChI is InChI=1S/C6H9N2O2/c1-4-5(9-2)6(10-3)8-7-4/h1-3H3. The minimum Gasteiger partial charge on any atom is -0.490 e. The van der Waals surface area contributed by atoms with Gasteiger partial charge in [0.05, 0.1) is 14.2 Å². The normalized spacial score (nSPS) is 16.5. The third kappa shape index (κ3) is 0.920. The summed E-state index contributed by atoms with van der Waals surface area (Å²) < 4.78 is 9.82. The van der Waals surface area contributed by atoms with Crippen molar-refractivity contribution < 1.29 is 9.47 Å². The third-order valence-corrected chi connectivity index (χ3v) is 1.21. The molecule has 0 aliphatic carbocycles. The van der Waals surface area contributed by atoms with Crippen molar-refractivity contribution in [2.24, 2.45) is 5.10 Å². The highest BCUT2D eigenvalue weighted by atomic mass is 16.5. The van der Waals surface area contributed by atoms with Gasteiger partial charge >= 0.3 is 0 Å². The number of ether oxygens (including phenoxy) is 2. The predicted molar refractivity (Wildman–Crippen MR) is 36.3 cm³/mol. The summed E-state index contributed by atoms with van der Waals surface area (Å²) in [6, 6.07) is 0. The second-order valence-electron chi connectivity index (χ2n) is 1.83. The van der Waals surface area contributed by atoms with Crippen molar-refractivity contribution in [3.05, 3.63) is 11.6 Å². The van der Waals surface area contributed by atoms with Crippen molar-refractivity contribution in [3.8, 4) is 0 Å². The monoisotopic (exact) mass is 141 g/mol. The lowest BCUT2D eigenvalue weighted by Gasteiger charge is -2.00. The van der Waals surface area contributed by atoms with Crippen LogP contribution in [0.25, 0.3) is 0 Å². The van der Waals surface area contributed by atoms with E-state index < -0.39 is 0 Å². The Morgan fingerprint density at radius 3 is 2.30 bits per heavy atom. The summed E-state index contributed by atoms with van der Waals surface area (Å²) in [5, 5.41) is 3.76. The summed E-state index contributed by atoms with van der Waals surface area (Å²) in [6.07, 6.45) is 0. The van der Waals surface area contributed by atoms with E-state index in [9.17, 15) is 0 Å². The van der Waals surface area contributed by atoms with Crippen molar-refractivity contribution in [2.75, 3.05) is 14.2 Å². The Hall–Kier alpha value is -1.19. The van der Waals surface area contributed by atoms with Gasteiger partial charge in [0.25, 0.3) is 5.88 Å². The molecule has 1 radical (unpaired) electrons. The van der Waals surface area contributed by atoms with E-state index in [0.29, 0.717) is 11.6 Å². The van der Waals surface area contributed by atoms with Gasteiger partial charge in [0.2, 0.25) is 5.76 Å². The summed E-state index contributed by atoms with van der Waals surface area (Å²) in [5.41, 5.74) is 4.46. The van der Waals surface area contributed by atoms with Gasteiger partial charge in [0.15, 0.2) is 0 Å². The molecule has 0 bridgehead atoms. The highest BCUT2D eigenvalue weighted by Crippen LogP contribution is 2.12. The van der Waals surface area contributed by atoms with Crippen LogP contribution in [0.15, 0.2) is 16.7 Å². The van der Waals surface area contributed by atoms with E-state index in [2.05, 4.69) is 10.5 Å². The minimum atomic E-state index is 0.444. The molecule has 0 aromatic carbocycles. The van der Waals surface area contributed by atoms with Gasteiger partial charge in [-0.05, 0) is 6.92 Å². The van der Waals surface area contributed by atoms with Crippen molar-refractivity contribution in [3.63, 3.8) is 0 Å². The molecule has 0 amide bonds. The molecule has 10 heavy (non-hydrogen) atoms. The smallest absolute Gasteiger partial charge is 0.278 e. The molecule has 4 nitrogen and oxygen atoms in total. The summed E-state index contributed by atoms with van der Waals surface area (Å²) in [7, 11) is 3.10. The molecule has 0 fully saturated rings. The van der Waals surface area contributed by atoms with Gasteiger partial charge in [-0.2, -0.15) is 0 Å². The predicted octanol–water partition coefficient (Wildman–Crippen LogP) is 0.442. The first-order valence-electron chi connectivity index (χ1n) is 2.87. The third-order valence-electron chi connectivity index (χ3n) is 1.21. The Labute approximate surface area is 59.5 Å². The zero-order valence-corrected chi connectivity index (χ0v) is 6.21. The van der Waals surface area contributed by atoms with Gasteiger partial charge in [0.1, 0.15) is 5.71 Å². The van der Waals surface area contributed by atoms with Crippen LogP contribution in [-0.2, 0) is 9.47 Å². The molecular formula is C6H9N2O2. The molecule has 0 spiro atoms. The first kappa shape index (κ1) is 6.92. The Kier molecular flexibility index (Phi) is 1.80. The molecule has 55 valence electrons. The number of methoxy groups -OCH3 is 2. The van der Waals surface area contributed by atoms with E-state index >= 15 is 0 Å². The van der Waals surface area contributed by atoms with E-state index in [-0.39, 0.29) is 0 Å². The van der Waals surface area contributed by atoms with Crippen LogP contribution in [0, 0.1) is 0 Å². The van der Waals surface area contributed by atoms with Crippen LogP contribution in [0.5, 0.6) is 0 Å². The molecule has 0 aromatic heterocycles. The average Bonchev–Trinajstić information content (AvgIpc) is 2.30. The molecule has 1 rings (SSSR count). The van der Waals surface area contributed by atoms with Gasteiger partial charge in [-0.3, -0.25) is 0 Å². The van der Waals surface area contributed by atoms with Crippen LogP contribution in [0.3, 0.4) is 0 Å². The molecule has 1 heterocycles. The lowest BCUT2D eigenvalue weighted by Crippen LogP contribution is -2.00. The Bertz CT molecular complexity index is 196. The fourth-order valence-corrected chi connectivity index (χ4v) is 0.735. The van der Waals surface area contributed by atoms with Gasteiger partial charge in [-0.1, -0.05) is 0 Å². The van der Waals surface area contributed by atoms with Crippen LogP contribution < -0.4 is 5.43 Å². The van der Waals surface area contributed by atoms with Gasteiger partial charge < -0.3 is 9.47 Å². The maximum atomic E-state index is 4.96. The maximum absolute atomic E-state index is 4.96. The zero-order valence-electron chi connectivity index (χ0n) is 6.21. The zero-order chi connectivity index (χ0) is 7.56. The highest BCUT2D eigenvalue weighted by Gasteiger charge is 2.18. The SMILES string of the molecule is COC1=C(OC)C(C)=N[N]1. The Morgan fingerprint density at radius 1 is 1.20 bits per heavy atom. The van der Waals surface area contributed by atoms with Crippen molar-refractivity contribution >= 4 is 5.71 Å². The molecule has 0 unspecified atom stereocenters. The van der Waals surface area contributed by atoms with Crippen LogP contribution >= 0.6 is 0 Å². The first-order chi connectivity index (χ1) is 4.79. The quantitative estimate of drug-likeness (QED) is 0.560. The van der Waals surface area contributed by atoms with Gasteiger partial charge in [-0.15, -0.1) is 10.5 Å². The van der Waals surface area contributed by atoms with Crippen LogP contribution in [-0.4, -0.2) is 19.9 Å². The molecule has 0 saturated carbocycles. The maximum Gasteiger partial charge on any atom is 0.278 e. The van der Waals surface area contributed by atoms with E-state index in [4.69, 9.17) is 9.47 Å². The summed E-state index contributed by atoms with van der Waals surface area (Å²) in [4.78, 5) is 0. The van der Waals surface area contributed by atoms with Crippen LogP contribution in [0.1, 0.15) is 6.92 Å². The summed E-state index contributed by atoms with van der Waals surface area (Å²) in [5.74, 6) is 1.06. The molecular weight excluding hydrogens is 132 g/mol. The molecule has 0 aromatic rings. The Balaban J connectivity index is 2.81. The fourth-order valence-electron chi connectivity index (χ4n) is 0.735. The summed E-state index contributed by atoms with van der Waals surface area (Å²) >= 11 is 0. The minimum absolute atomic E-state index is 0.444. The second-order valence-corrected chi connectivity index (χ2v) is 1.83. The lowest BCUT2D eigenvalue weighted by atomic mass is 10.4. The van der Waals surface area contributed by atoms with E-state index in [1.807, 2.05) is 6.92 Å². The first-order valence-corrected chi connectivity index (χ1v) is 2.87.